The minimum absolute atomic E-state index is 0.0168. The summed E-state index contributed by atoms with van der Waals surface area (Å²) in [4.78, 5) is 11.1. The summed E-state index contributed by atoms with van der Waals surface area (Å²) in [6, 6.07) is 8.75. The molecule has 0 fully saturated rings. The number of amides is 1. The first-order chi connectivity index (χ1) is 6.29. The number of nitrogens with one attached hydrogen (secondary N) is 1. The van der Waals surface area contributed by atoms with Gasteiger partial charge in [-0.05, 0) is 0 Å². The number of hydrogen-bond acceptors (Lipinski definition) is 3. The monoisotopic (exact) mass is 178 g/mol. The van der Waals surface area contributed by atoms with Crippen LogP contribution in [0.4, 0.5) is 0 Å². The highest BCUT2D eigenvalue weighted by Gasteiger charge is 2.11. The molecule has 0 bridgehead atoms. The Morgan fingerprint density at radius 1 is 1.38 bits per heavy atom. The normalized spacial score (nSPS) is 11.0. The van der Waals surface area contributed by atoms with Crippen LogP contribution in [-0.4, -0.2) is 23.9 Å². The van der Waals surface area contributed by atoms with Crippen molar-refractivity contribution in [3.05, 3.63) is 35.9 Å². The first-order valence-electron chi connectivity index (χ1n) is 3.79. The van der Waals surface area contributed by atoms with Crippen LogP contribution in [0.3, 0.4) is 0 Å². The molecule has 2 N–H and O–H groups in total. The quantitative estimate of drug-likeness (QED) is 0.396. The highest BCUT2D eigenvalue weighted by atomic mass is 16.4. The number of likely N-dealkylation sites (N-methyl/N-ethyl adjacent to an activating group) is 1. The predicted molar refractivity (Wildman–Crippen MR) is 48.8 cm³/mol. The van der Waals surface area contributed by atoms with Crippen molar-refractivity contribution >= 4 is 11.6 Å². The molecule has 0 saturated heterocycles. The molecule has 0 aliphatic heterocycles. The highest BCUT2D eigenvalue weighted by Crippen LogP contribution is 2.00. The smallest absolute Gasteiger partial charge is 0.273 e. The number of carbonyl (C=O) groups is 1. The lowest BCUT2D eigenvalue weighted by Gasteiger charge is -2.01. The zero-order valence-electron chi connectivity index (χ0n) is 7.19. The lowest BCUT2D eigenvalue weighted by molar-refractivity contribution is -0.114. The van der Waals surface area contributed by atoms with Crippen molar-refractivity contribution in [2.45, 2.75) is 0 Å². The molecule has 1 amide bonds. The molecule has 1 rings (SSSR count). The van der Waals surface area contributed by atoms with Crippen molar-refractivity contribution in [2.24, 2.45) is 5.16 Å². The summed E-state index contributed by atoms with van der Waals surface area (Å²) in [5.74, 6) is -0.409. The molecule has 0 atom stereocenters. The van der Waals surface area contributed by atoms with Crippen molar-refractivity contribution in [3.63, 3.8) is 0 Å². The van der Waals surface area contributed by atoms with E-state index in [0.29, 0.717) is 5.56 Å². The van der Waals surface area contributed by atoms with Crippen LogP contribution in [0.1, 0.15) is 5.56 Å². The molecule has 0 unspecified atom stereocenters. The van der Waals surface area contributed by atoms with Crippen molar-refractivity contribution in [1.29, 1.82) is 0 Å². The Morgan fingerprint density at radius 2 is 2.00 bits per heavy atom. The van der Waals surface area contributed by atoms with Crippen LogP contribution in [0.15, 0.2) is 35.5 Å². The maximum Gasteiger partial charge on any atom is 0.273 e. The van der Waals surface area contributed by atoms with Gasteiger partial charge in [-0.15, -0.1) is 0 Å². The van der Waals surface area contributed by atoms with Gasteiger partial charge in [0.25, 0.3) is 5.91 Å². The fourth-order valence-electron chi connectivity index (χ4n) is 0.949. The Morgan fingerprint density at radius 3 is 2.46 bits per heavy atom. The molecule has 0 aliphatic carbocycles. The van der Waals surface area contributed by atoms with Gasteiger partial charge < -0.3 is 10.5 Å². The summed E-state index contributed by atoms with van der Waals surface area (Å²) >= 11 is 0. The maximum absolute atomic E-state index is 11.1. The van der Waals surface area contributed by atoms with Crippen molar-refractivity contribution in [3.8, 4) is 0 Å². The summed E-state index contributed by atoms with van der Waals surface area (Å²) in [6.45, 7) is 0. The van der Waals surface area contributed by atoms with E-state index in [1.807, 2.05) is 6.07 Å². The molecular weight excluding hydrogens is 168 g/mol. The second kappa shape index (κ2) is 4.25. The van der Waals surface area contributed by atoms with Gasteiger partial charge in [-0.1, -0.05) is 35.5 Å². The second-order valence-electron chi connectivity index (χ2n) is 2.39. The average Bonchev–Trinajstić information content (AvgIpc) is 2.20. The highest BCUT2D eigenvalue weighted by molar-refractivity contribution is 6.45. The molecule has 68 valence electrons. The van der Waals surface area contributed by atoms with Gasteiger partial charge in [-0.25, -0.2) is 0 Å². The molecule has 1 aromatic rings. The van der Waals surface area contributed by atoms with Gasteiger partial charge in [0.15, 0.2) is 5.71 Å². The molecule has 0 saturated carbocycles. The predicted octanol–water partition coefficient (Wildman–Crippen LogP) is 0.611. The summed E-state index contributed by atoms with van der Waals surface area (Å²) in [6.07, 6.45) is 0. The number of hydrogen-bond donors (Lipinski definition) is 2. The van der Waals surface area contributed by atoms with E-state index in [2.05, 4.69) is 10.5 Å². The van der Waals surface area contributed by atoms with Gasteiger partial charge >= 0.3 is 0 Å². The zero-order chi connectivity index (χ0) is 9.68. The topological polar surface area (TPSA) is 61.7 Å². The van der Waals surface area contributed by atoms with E-state index in [-0.39, 0.29) is 5.71 Å². The van der Waals surface area contributed by atoms with Crippen LogP contribution in [0, 0.1) is 0 Å². The molecule has 13 heavy (non-hydrogen) atoms. The third kappa shape index (κ3) is 2.05. The molecule has 4 heteroatoms. The molecule has 0 spiro atoms. The lowest BCUT2D eigenvalue weighted by atomic mass is 10.1. The Bertz CT molecular complexity index is 320. The third-order valence-corrected chi connectivity index (χ3v) is 1.59. The fourth-order valence-corrected chi connectivity index (χ4v) is 0.949. The third-order valence-electron chi connectivity index (χ3n) is 1.59. The van der Waals surface area contributed by atoms with Gasteiger partial charge in [0.05, 0.1) is 0 Å². The van der Waals surface area contributed by atoms with E-state index in [1.54, 1.807) is 24.3 Å². The molecular formula is C9H10N2O2. The Labute approximate surface area is 75.9 Å². The van der Waals surface area contributed by atoms with E-state index in [1.165, 1.54) is 7.05 Å². The molecule has 0 heterocycles. The average molecular weight is 178 g/mol. The SMILES string of the molecule is CNC(=O)C(=NO)c1ccccc1. The van der Waals surface area contributed by atoms with E-state index in [4.69, 9.17) is 5.21 Å². The van der Waals surface area contributed by atoms with E-state index in [0.717, 1.165) is 0 Å². The molecule has 1 aromatic carbocycles. The van der Waals surface area contributed by atoms with Crippen LogP contribution in [0.25, 0.3) is 0 Å². The van der Waals surface area contributed by atoms with Gasteiger partial charge in [0, 0.05) is 12.6 Å². The van der Waals surface area contributed by atoms with Crippen LogP contribution in [0.2, 0.25) is 0 Å². The van der Waals surface area contributed by atoms with Crippen molar-refractivity contribution < 1.29 is 10.0 Å². The van der Waals surface area contributed by atoms with Crippen molar-refractivity contribution in [2.75, 3.05) is 7.05 Å². The first-order valence-corrected chi connectivity index (χ1v) is 3.79. The number of oxime groups is 1. The van der Waals surface area contributed by atoms with E-state index >= 15 is 0 Å². The molecule has 0 aromatic heterocycles. The van der Waals surface area contributed by atoms with Gasteiger partial charge in [0.1, 0.15) is 0 Å². The molecule has 0 aliphatic rings. The largest absolute Gasteiger partial charge is 0.410 e. The van der Waals surface area contributed by atoms with Crippen LogP contribution in [0.5, 0.6) is 0 Å². The summed E-state index contributed by atoms with van der Waals surface area (Å²) in [5.41, 5.74) is 0.604. The van der Waals surface area contributed by atoms with E-state index in [9.17, 15) is 4.79 Å². The second-order valence-corrected chi connectivity index (χ2v) is 2.39. The number of benzene rings is 1. The standard InChI is InChI=1S/C9H10N2O2/c1-10-9(12)8(11-13)7-5-3-2-4-6-7/h2-6,13H,1H3,(H,10,12). The number of rotatable bonds is 2. The van der Waals surface area contributed by atoms with E-state index < -0.39 is 5.91 Å². The lowest BCUT2D eigenvalue weighted by Crippen LogP contribution is -2.28. The van der Waals surface area contributed by atoms with Gasteiger partial charge in [-0.2, -0.15) is 0 Å². The Kier molecular flexibility index (Phi) is 3.03. The zero-order valence-corrected chi connectivity index (χ0v) is 7.19. The van der Waals surface area contributed by atoms with Gasteiger partial charge in [-0.3, -0.25) is 4.79 Å². The molecule has 0 radical (unpaired) electrons. The summed E-state index contributed by atoms with van der Waals surface area (Å²) in [7, 11) is 1.48. The maximum atomic E-state index is 11.1. The Hall–Kier alpha value is -1.84. The Balaban J connectivity index is 3.00. The number of nitrogens with zero attached hydrogens (tertiary/aromatic N) is 1. The summed E-state index contributed by atoms with van der Waals surface area (Å²) in [5, 5.41) is 13.9. The first kappa shape index (κ1) is 9.25. The molecule has 4 nitrogen and oxygen atoms in total. The van der Waals surface area contributed by atoms with Crippen LogP contribution in [-0.2, 0) is 4.79 Å². The van der Waals surface area contributed by atoms with Crippen molar-refractivity contribution in [1.82, 2.24) is 5.32 Å². The van der Waals surface area contributed by atoms with Crippen LogP contribution >= 0.6 is 0 Å². The number of carbonyl (C=O) groups excluding carboxylic acids is 1. The minimum atomic E-state index is -0.409. The minimum Gasteiger partial charge on any atom is -0.410 e. The summed E-state index contributed by atoms with van der Waals surface area (Å²) < 4.78 is 0. The van der Waals surface area contributed by atoms with Gasteiger partial charge in [0.2, 0.25) is 0 Å². The van der Waals surface area contributed by atoms with Crippen LogP contribution < -0.4 is 5.32 Å². The fraction of sp³-hybridized carbons (Fsp3) is 0.111.